The third kappa shape index (κ3) is 5.01. The number of halogens is 1. The second-order valence-electron chi connectivity index (χ2n) is 6.11. The first-order chi connectivity index (χ1) is 11.0. The highest BCUT2D eigenvalue weighted by Crippen LogP contribution is 2.36. The maximum absolute atomic E-state index is 10.9. The highest BCUT2D eigenvalue weighted by molar-refractivity contribution is 6.32. The fourth-order valence-corrected chi connectivity index (χ4v) is 3.31. The van der Waals surface area contributed by atoms with Gasteiger partial charge in [-0.2, -0.15) is 0 Å². The van der Waals surface area contributed by atoms with Crippen molar-refractivity contribution in [3.63, 3.8) is 0 Å². The van der Waals surface area contributed by atoms with Gasteiger partial charge in [0.25, 0.3) is 5.91 Å². The van der Waals surface area contributed by atoms with Crippen molar-refractivity contribution in [3.8, 4) is 11.5 Å². The standard InChI is InChI=1S/C17H25ClN2O3/c1-11-5-3-4-6-14(11)20-9-12-7-13(18)17(15(8-12)22-2)23-10-16(19)21/h7-8,11,14,20H,3-6,9-10H2,1-2H3,(H2,19,21)/t11-,14-/m0/s1. The van der Waals surface area contributed by atoms with Crippen molar-refractivity contribution < 1.29 is 14.3 Å². The number of amides is 1. The number of rotatable bonds is 7. The molecule has 1 aromatic rings. The number of carbonyl (C=O) groups is 1. The number of carbonyl (C=O) groups excluding carboxylic acids is 1. The normalized spacial score (nSPS) is 21.0. The zero-order chi connectivity index (χ0) is 16.8. The number of nitrogens with one attached hydrogen (secondary N) is 1. The van der Waals surface area contributed by atoms with Gasteiger partial charge in [0.15, 0.2) is 18.1 Å². The molecule has 0 radical (unpaired) electrons. The fourth-order valence-electron chi connectivity index (χ4n) is 3.03. The summed E-state index contributed by atoms with van der Waals surface area (Å²) in [4.78, 5) is 10.9. The molecule has 5 nitrogen and oxygen atoms in total. The quantitative estimate of drug-likeness (QED) is 0.800. The van der Waals surface area contributed by atoms with Crippen LogP contribution in [0, 0.1) is 5.92 Å². The molecule has 1 saturated carbocycles. The lowest BCUT2D eigenvalue weighted by Gasteiger charge is -2.29. The van der Waals surface area contributed by atoms with E-state index in [4.69, 9.17) is 26.8 Å². The molecular weight excluding hydrogens is 316 g/mol. The van der Waals surface area contributed by atoms with Crippen LogP contribution in [0.2, 0.25) is 5.02 Å². The topological polar surface area (TPSA) is 73.6 Å². The van der Waals surface area contributed by atoms with Crippen LogP contribution in [0.3, 0.4) is 0 Å². The van der Waals surface area contributed by atoms with Gasteiger partial charge in [-0.05, 0) is 36.5 Å². The number of hydrogen-bond donors (Lipinski definition) is 2. The van der Waals surface area contributed by atoms with E-state index in [2.05, 4.69) is 12.2 Å². The molecule has 2 rings (SSSR count). The molecule has 3 N–H and O–H groups in total. The molecule has 0 heterocycles. The van der Waals surface area contributed by atoms with Crippen LogP contribution < -0.4 is 20.5 Å². The molecule has 0 aliphatic heterocycles. The Bertz CT molecular complexity index is 551. The molecule has 1 aliphatic carbocycles. The summed E-state index contributed by atoms with van der Waals surface area (Å²) in [5, 5.41) is 4.02. The predicted octanol–water partition coefficient (Wildman–Crippen LogP) is 2.88. The van der Waals surface area contributed by atoms with Crippen LogP contribution in [0.15, 0.2) is 12.1 Å². The first-order valence-corrected chi connectivity index (χ1v) is 8.40. The predicted molar refractivity (Wildman–Crippen MR) is 91.0 cm³/mol. The Labute approximate surface area is 142 Å². The molecule has 2 atom stereocenters. The summed E-state index contributed by atoms with van der Waals surface area (Å²) in [5.41, 5.74) is 6.12. The Morgan fingerprint density at radius 2 is 2.13 bits per heavy atom. The third-order valence-electron chi connectivity index (χ3n) is 4.33. The number of primary amides is 1. The van der Waals surface area contributed by atoms with Crippen molar-refractivity contribution in [2.75, 3.05) is 13.7 Å². The first-order valence-electron chi connectivity index (χ1n) is 8.02. The van der Waals surface area contributed by atoms with E-state index in [1.807, 2.05) is 12.1 Å². The molecule has 6 heteroatoms. The van der Waals surface area contributed by atoms with Gasteiger partial charge in [0, 0.05) is 12.6 Å². The second kappa shape index (κ2) is 8.41. The molecule has 1 aromatic carbocycles. The zero-order valence-electron chi connectivity index (χ0n) is 13.7. The van der Waals surface area contributed by atoms with Crippen LogP contribution >= 0.6 is 11.6 Å². The number of hydrogen-bond acceptors (Lipinski definition) is 4. The van der Waals surface area contributed by atoms with E-state index in [9.17, 15) is 4.79 Å². The van der Waals surface area contributed by atoms with Gasteiger partial charge >= 0.3 is 0 Å². The smallest absolute Gasteiger partial charge is 0.255 e. The number of methoxy groups -OCH3 is 1. The van der Waals surface area contributed by atoms with Gasteiger partial charge in [0.2, 0.25) is 0 Å². The van der Waals surface area contributed by atoms with Crippen LogP contribution in [0.4, 0.5) is 0 Å². The lowest BCUT2D eigenvalue weighted by atomic mass is 9.86. The average Bonchev–Trinajstić information content (AvgIpc) is 2.52. The van der Waals surface area contributed by atoms with E-state index in [0.717, 1.165) is 12.1 Å². The lowest BCUT2D eigenvalue weighted by molar-refractivity contribution is -0.119. The lowest BCUT2D eigenvalue weighted by Crippen LogP contribution is -2.36. The summed E-state index contributed by atoms with van der Waals surface area (Å²) in [5.74, 6) is 0.995. The van der Waals surface area contributed by atoms with Crippen molar-refractivity contribution in [2.24, 2.45) is 11.7 Å². The summed E-state index contributed by atoms with van der Waals surface area (Å²) in [6, 6.07) is 4.25. The maximum atomic E-state index is 10.9. The van der Waals surface area contributed by atoms with Crippen molar-refractivity contribution in [3.05, 3.63) is 22.7 Å². The minimum atomic E-state index is -0.555. The van der Waals surface area contributed by atoms with E-state index in [1.165, 1.54) is 25.7 Å². The second-order valence-corrected chi connectivity index (χ2v) is 6.52. The first kappa shape index (κ1) is 17.9. The molecule has 1 fully saturated rings. The molecule has 0 saturated heterocycles. The molecule has 0 aromatic heterocycles. The van der Waals surface area contributed by atoms with E-state index in [-0.39, 0.29) is 6.61 Å². The Balaban J connectivity index is 2.04. The van der Waals surface area contributed by atoms with Gasteiger partial charge in [-0.15, -0.1) is 0 Å². The largest absolute Gasteiger partial charge is 0.493 e. The van der Waals surface area contributed by atoms with Gasteiger partial charge in [-0.3, -0.25) is 4.79 Å². The average molecular weight is 341 g/mol. The van der Waals surface area contributed by atoms with E-state index in [0.29, 0.717) is 28.5 Å². The van der Waals surface area contributed by atoms with Gasteiger partial charge < -0.3 is 20.5 Å². The maximum Gasteiger partial charge on any atom is 0.255 e. The zero-order valence-corrected chi connectivity index (χ0v) is 14.5. The number of nitrogens with two attached hydrogens (primary N) is 1. The molecular formula is C17H25ClN2O3. The fraction of sp³-hybridized carbons (Fsp3) is 0.588. The summed E-state index contributed by atoms with van der Waals surface area (Å²) >= 11 is 6.26. The van der Waals surface area contributed by atoms with Crippen LogP contribution in [-0.2, 0) is 11.3 Å². The molecule has 1 amide bonds. The van der Waals surface area contributed by atoms with Gasteiger partial charge in [0.05, 0.1) is 12.1 Å². The Morgan fingerprint density at radius 1 is 1.39 bits per heavy atom. The Hall–Kier alpha value is -1.46. The van der Waals surface area contributed by atoms with Crippen molar-refractivity contribution in [1.29, 1.82) is 0 Å². The molecule has 0 bridgehead atoms. The summed E-state index contributed by atoms with van der Waals surface area (Å²) in [6.07, 6.45) is 5.10. The highest BCUT2D eigenvalue weighted by atomic mass is 35.5. The molecule has 128 valence electrons. The Kier molecular flexibility index (Phi) is 6.54. The minimum Gasteiger partial charge on any atom is -0.493 e. The van der Waals surface area contributed by atoms with Crippen molar-refractivity contribution >= 4 is 17.5 Å². The SMILES string of the molecule is COc1cc(CN[C@H]2CCCC[C@@H]2C)cc(Cl)c1OCC(N)=O. The van der Waals surface area contributed by atoms with Crippen molar-refractivity contribution in [2.45, 2.75) is 45.2 Å². The van der Waals surface area contributed by atoms with E-state index in [1.54, 1.807) is 7.11 Å². The van der Waals surface area contributed by atoms with Crippen molar-refractivity contribution in [1.82, 2.24) is 5.32 Å². The number of benzene rings is 1. The minimum absolute atomic E-state index is 0.229. The van der Waals surface area contributed by atoms with Crippen LogP contribution in [0.25, 0.3) is 0 Å². The Morgan fingerprint density at radius 3 is 2.78 bits per heavy atom. The molecule has 0 unspecified atom stereocenters. The summed E-state index contributed by atoms with van der Waals surface area (Å²) in [6.45, 7) is 2.79. The molecule has 23 heavy (non-hydrogen) atoms. The third-order valence-corrected chi connectivity index (χ3v) is 4.61. The van der Waals surface area contributed by atoms with Gasteiger partial charge in [-0.1, -0.05) is 31.4 Å². The van der Waals surface area contributed by atoms with E-state index >= 15 is 0 Å². The van der Waals surface area contributed by atoms with Crippen LogP contribution in [0.5, 0.6) is 11.5 Å². The van der Waals surface area contributed by atoms with E-state index < -0.39 is 5.91 Å². The highest BCUT2D eigenvalue weighted by Gasteiger charge is 2.21. The summed E-state index contributed by atoms with van der Waals surface area (Å²) in [7, 11) is 1.54. The summed E-state index contributed by atoms with van der Waals surface area (Å²) < 4.78 is 10.7. The monoisotopic (exact) mass is 340 g/mol. The van der Waals surface area contributed by atoms with Gasteiger partial charge in [0.1, 0.15) is 0 Å². The molecule has 1 aliphatic rings. The van der Waals surface area contributed by atoms with Crippen LogP contribution in [-0.4, -0.2) is 25.7 Å². The number of ether oxygens (including phenoxy) is 2. The van der Waals surface area contributed by atoms with Gasteiger partial charge in [-0.25, -0.2) is 0 Å². The van der Waals surface area contributed by atoms with Crippen LogP contribution in [0.1, 0.15) is 38.2 Å². The molecule has 0 spiro atoms.